The quantitative estimate of drug-likeness (QED) is 0.679. The number of benzene rings is 2. The van der Waals surface area contributed by atoms with Gasteiger partial charge in [0.1, 0.15) is 0 Å². The molecule has 3 heteroatoms. The SMILES string of the molecule is CCCC=C1c2ccccc2C(=O)N1c1cccc2cccnc12. The van der Waals surface area contributed by atoms with Gasteiger partial charge in [-0.1, -0.05) is 55.8 Å². The second-order valence-electron chi connectivity index (χ2n) is 5.92. The highest BCUT2D eigenvalue weighted by Crippen LogP contribution is 2.39. The van der Waals surface area contributed by atoms with Gasteiger partial charge in [0.05, 0.1) is 16.9 Å². The summed E-state index contributed by atoms with van der Waals surface area (Å²) in [5.41, 5.74) is 4.42. The average molecular weight is 314 g/mol. The van der Waals surface area contributed by atoms with Gasteiger partial charge in [-0.15, -0.1) is 0 Å². The number of anilines is 1. The Morgan fingerprint density at radius 1 is 1.00 bits per heavy atom. The predicted molar refractivity (Wildman–Crippen MR) is 97.9 cm³/mol. The molecule has 1 aliphatic heterocycles. The van der Waals surface area contributed by atoms with E-state index in [1.807, 2.05) is 59.5 Å². The topological polar surface area (TPSA) is 33.2 Å². The maximum Gasteiger partial charge on any atom is 0.263 e. The minimum absolute atomic E-state index is 0.0195. The summed E-state index contributed by atoms with van der Waals surface area (Å²) in [6, 6.07) is 17.7. The number of hydrogen-bond donors (Lipinski definition) is 0. The zero-order valence-corrected chi connectivity index (χ0v) is 13.6. The predicted octanol–water partition coefficient (Wildman–Crippen LogP) is 5.04. The van der Waals surface area contributed by atoms with E-state index in [0.717, 1.165) is 46.3 Å². The fourth-order valence-electron chi connectivity index (χ4n) is 3.23. The number of rotatable bonds is 3. The monoisotopic (exact) mass is 314 g/mol. The Labute approximate surface area is 141 Å². The number of para-hydroxylation sites is 1. The summed E-state index contributed by atoms with van der Waals surface area (Å²) in [4.78, 5) is 19.4. The van der Waals surface area contributed by atoms with Crippen LogP contribution in [0.4, 0.5) is 5.69 Å². The molecule has 0 saturated heterocycles. The van der Waals surface area contributed by atoms with Crippen molar-refractivity contribution in [2.45, 2.75) is 19.8 Å². The summed E-state index contributed by atoms with van der Waals surface area (Å²) in [6.07, 6.45) is 5.91. The van der Waals surface area contributed by atoms with Crippen molar-refractivity contribution in [1.82, 2.24) is 4.98 Å². The molecule has 0 aliphatic carbocycles. The van der Waals surface area contributed by atoms with Crippen molar-refractivity contribution < 1.29 is 4.79 Å². The van der Waals surface area contributed by atoms with Gasteiger partial charge in [0.2, 0.25) is 0 Å². The third kappa shape index (κ3) is 2.21. The van der Waals surface area contributed by atoms with E-state index in [-0.39, 0.29) is 5.91 Å². The minimum atomic E-state index is 0.0195. The summed E-state index contributed by atoms with van der Waals surface area (Å²) in [7, 11) is 0. The number of aromatic nitrogens is 1. The summed E-state index contributed by atoms with van der Waals surface area (Å²) in [6.45, 7) is 2.14. The molecule has 1 aliphatic rings. The molecule has 4 rings (SSSR count). The molecule has 1 aromatic heterocycles. The molecule has 0 radical (unpaired) electrons. The smallest absolute Gasteiger partial charge is 0.263 e. The van der Waals surface area contributed by atoms with E-state index in [0.29, 0.717) is 0 Å². The molecule has 0 unspecified atom stereocenters. The molecule has 0 N–H and O–H groups in total. The summed E-state index contributed by atoms with van der Waals surface area (Å²) < 4.78 is 0. The average Bonchev–Trinajstić information content (AvgIpc) is 2.92. The first-order valence-corrected chi connectivity index (χ1v) is 8.29. The number of fused-ring (bicyclic) bond motifs is 2. The second-order valence-corrected chi connectivity index (χ2v) is 5.92. The third-order valence-electron chi connectivity index (χ3n) is 4.36. The van der Waals surface area contributed by atoms with Crippen molar-refractivity contribution in [3.05, 3.63) is 78.0 Å². The Hall–Kier alpha value is -2.94. The third-order valence-corrected chi connectivity index (χ3v) is 4.36. The van der Waals surface area contributed by atoms with Gasteiger partial charge in [0.25, 0.3) is 5.91 Å². The van der Waals surface area contributed by atoms with E-state index in [2.05, 4.69) is 18.0 Å². The number of unbranched alkanes of at least 4 members (excludes halogenated alkanes) is 1. The van der Waals surface area contributed by atoms with Crippen LogP contribution in [0.15, 0.2) is 66.9 Å². The van der Waals surface area contributed by atoms with Crippen LogP contribution in [0.3, 0.4) is 0 Å². The first kappa shape index (κ1) is 14.6. The van der Waals surface area contributed by atoms with E-state index in [9.17, 15) is 4.79 Å². The lowest BCUT2D eigenvalue weighted by atomic mass is 10.1. The van der Waals surface area contributed by atoms with Gasteiger partial charge in [-0.25, -0.2) is 0 Å². The van der Waals surface area contributed by atoms with Crippen molar-refractivity contribution in [1.29, 1.82) is 0 Å². The normalized spacial score (nSPS) is 15.3. The Balaban J connectivity index is 1.95. The van der Waals surface area contributed by atoms with Crippen LogP contribution in [-0.4, -0.2) is 10.9 Å². The number of carbonyl (C=O) groups is 1. The Bertz CT molecular complexity index is 953. The number of allylic oxidation sites excluding steroid dienone is 1. The summed E-state index contributed by atoms with van der Waals surface area (Å²) >= 11 is 0. The van der Waals surface area contributed by atoms with Crippen LogP contribution in [-0.2, 0) is 0 Å². The van der Waals surface area contributed by atoms with Crippen molar-refractivity contribution in [2.75, 3.05) is 4.90 Å². The Morgan fingerprint density at radius 2 is 1.79 bits per heavy atom. The van der Waals surface area contributed by atoms with E-state index < -0.39 is 0 Å². The molecule has 2 heterocycles. The molecule has 0 bridgehead atoms. The Morgan fingerprint density at radius 3 is 2.62 bits per heavy atom. The van der Waals surface area contributed by atoms with Crippen LogP contribution >= 0.6 is 0 Å². The van der Waals surface area contributed by atoms with Gasteiger partial charge >= 0.3 is 0 Å². The van der Waals surface area contributed by atoms with Gasteiger partial charge < -0.3 is 0 Å². The highest BCUT2D eigenvalue weighted by molar-refractivity contribution is 6.24. The fraction of sp³-hybridized carbons (Fsp3) is 0.143. The lowest BCUT2D eigenvalue weighted by molar-refractivity contribution is 0.101. The number of hydrogen-bond acceptors (Lipinski definition) is 2. The number of amides is 1. The van der Waals surface area contributed by atoms with Gasteiger partial charge in [0.15, 0.2) is 0 Å². The van der Waals surface area contributed by atoms with Crippen molar-refractivity contribution in [3.8, 4) is 0 Å². The van der Waals surface area contributed by atoms with Gasteiger partial charge in [-0.2, -0.15) is 0 Å². The van der Waals surface area contributed by atoms with E-state index in [1.54, 1.807) is 6.20 Å². The van der Waals surface area contributed by atoms with Crippen molar-refractivity contribution in [3.63, 3.8) is 0 Å². The lowest BCUT2D eigenvalue weighted by Gasteiger charge is -2.20. The van der Waals surface area contributed by atoms with Crippen LogP contribution in [0, 0.1) is 0 Å². The largest absolute Gasteiger partial charge is 0.274 e. The molecule has 0 saturated carbocycles. The molecule has 0 spiro atoms. The second kappa shape index (κ2) is 5.93. The maximum atomic E-state index is 13.1. The van der Waals surface area contributed by atoms with E-state index in [1.165, 1.54) is 0 Å². The maximum absolute atomic E-state index is 13.1. The van der Waals surface area contributed by atoms with Gasteiger partial charge in [-0.3, -0.25) is 14.7 Å². The standard InChI is InChI=1S/C21H18N2O/c1-2-3-12-18-16-10-4-5-11-17(16)21(24)23(18)19-13-6-8-15-9-7-14-22-20(15)19/h4-14H,2-3H2,1H3. The highest BCUT2D eigenvalue weighted by Gasteiger charge is 2.33. The molecule has 24 heavy (non-hydrogen) atoms. The number of nitrogens with zero attached hydrogens (tertiary/aromatic N) is 2. The summed E-state index contributed by atoms with van der Waals surface area (Å²) in [5, 5.41) is 1.04. The van der Waals surface area contributed by atoms with Gasteiger partial charge in [-0.05, 0) is 24.6 Å². The zero-order valence-electron chi connectivity index (χ0n) is 13.6. The highest BCUT2D eigenvalue weighted by atomic mass is 16.2. The molecule has 2 aromatic carbocycles. The van der Waals surface area contributed by atoms with Crippen LogP contribution in [0.1, 0.15) is 35.7 Å². The molecule has 0 atom stereocenters. The van der Waals surface area contributed by atoms with Crippen molar-refractivity contribution in [2.24, 2.45) is 0 Å². The van der Waals surface area contributed by atoms with E-state index in [4.69, 9.17) is 0 Å². The van der Waals surface area contributed by atoms with Gasteiger partial charge in [0, 0.05) is 22.7 Å². The summed E-state index contributed by atoms with van der Waals surface area (Å²) in [5.74, 6) is 0.0195. The number of pyridine rings is 1. The molecule has 118 valence electrons. The number of carbonyl (C=O) groups excluding carboxylic acids is 1. The van der Waals surface area contributed by atoms with Crippen LogP contribution in [0.2, 0.25) is 0 Å². The molecule has 3 aromatic rings. The van der Waals surface area contributed by atoms with Crippen molar-refractivity contribution >= 4 is 28.2 Å². The Kier molecular flexibility index (Phi) is 3.62. The first-order valence-electron chi connectivity index (χ1n) is 8.29. The molecule has 0 fully saturated rings. The first-order chi connectivity index (χ1) is 11.8. The zero-order chi connectivity index (χ0) is 16.5. The fourth-order valence-corrected chi connectivity index (χ4v) is 3.23. The van der Waals surface area contributed by atoms with Crippen LogP contribution in [0.25, 0.3) is 16.6 Å². The lowest BCUT2D eigenvalue weighted by Crippen LogP contribution is -2.22. The molecular weight excluding hydrogens is 296 g/mol. The minimum Gasteiger partial charge on any atom is -0.274 e. The van der Waals surface area contributed by atoms with Crippen LogP contribution < -0.4 is 4.90 Å². The van der Waals surface area contributed by atoms with E-state index >= 15 is 0 Å². The van der Waals surface area contributed by atoms with Crippen LogP contribution in [0.5, 0.6) is 0 Å². The molecule has 1 amide bonds. The molecule has 3 nitrogen and oxygen atoms in total. The molecular formula is C21H18N2O.